The predicted octanol–water partition coefficient (Wildman–Crippen LogP) is 5.28. The Hall–Kier alpha value is -3.75. The molecule has 35 heavy (non-hydrogen) atoms. The number of aromatic nitrogens is 3. The Bertz CT molecular complexity index is 1400. The second kappa shape index (κ2) is 10.7. The van der Waals surface area contributed by atoms with Gasteiger partial charge >= 0.3 is 0 Å². The first-order chi connectivity index (χ1) is 17.2. The van der Waals surface area contributed by atoms with Gasteiger partial charge in [-0.2, -0.15) is 0 Å². The van der Waals surface area contributed by atoms with E-state index in [-0.39, 0.29) is 6.61 Å². The molecule has 1 unspecified atom stereocenters. The normalized spacial score (nSPS) is 12.1. The van der Waals surface area contributed by atoms with Crippen LogP contribution in [0.1, 0.15) is 5.76 Å². The van der Waals surface area contributed by atoms with Gasteiger partial charge < -0.3 is 19.0 Å². The van der Waals surface area contributed by atoms with Crippen molar-refractivity contribution in [1.82, 2.24) is 14.8 Å². The van der Waals surface area contributed by atoms with E-state index in [4.69, 9.17) is 13.9 Å². The van der Waals surface area contributed by atoms with Crippen LogP contribution in [0, 0.1) is 0 Å². The highest BCUT2D eigenvalue weighted by molar-refractivity contribution is 7.99. The maximum absolute atomic E-state index is 10.6. The van der Waals surface area contributed by atoms with Crippen molar-refractivity contribution >= 4 is 22.5 Å². The van der Waals surface area contributed by atoms with Crippen LogP contribution in [0.25, 0.3) is 22.2 Å². The maximum atomic E-state index is 10.6. The predicted molar refractivity (Wildman–Crippen MR) is 136 cm³/mol. The monoisotopic (exact) mass is 487 g/mol. The van der Waals surface area contributed by atoms with Crippen molar-refractivity contribution in [2.24, 2.45) is 0 Å². The van der Waals surface area contributed by atoms with E-state index < -0.39 is 6.10 Å². The van der Waals surface area contributed by atoms with Gasteiger partial charge in [0, 0.05) is 11.3 Å². The second-order valence-electron chi connectivity index (χ2n) is 7.99. The molecule has 0 radical (unpaired) electrons. The maximum Gasteiger partial charge on any atom is 0.192 e. The summed E-state index contributed by atoms with van der Waals surface area (Å²) in [7, 11) is 1.63. The fourth-order valence-corrected chi connectivity index (χ4v) is 4.58. The topological polar surface area (TPSA) is 82.5 Å². The average Bonchev–Trinajstić information content (AvgIpc) is 3.56. The molecule has 7 nitrogen and oxygen atoms in total. The van der Waals surface area contributed by atoms with E-state index in [0.717, 1.165) is 33.6 Å². The largest absolute Gasteiger partial charge is 0.497 e. The summed E-state index contributed by atoms with van der Waals surface area (Å²) in [6.45, 7) is 0.652. The zero-order valence-corrected chi connectivity index (χ0v) is 20.0. The van der Waals surface area contributed by atoms with Crippen LogP contribution < -0.4 is 9.47 Å². The van der Waals surface area contributed by atoms with Crippen LogP contribution in [-0.4, -0.2) is 45.4 Å². The molecule has 0 saturated heterocycles. The van der Waals surface area contributed by atoms with E-state index in [0.29, 0.717) is 23.3 Å². The van der Waals surface area contributed by atoms with Crippen LogP contribution in [0.2, 0.25) is 0 Å². The molecule has 0 bridgehead atoms. The Morgan fingerprint density at radius 3 is 2.66 bits per heavy atom. The quantitative estimate of drug-likeness (QED) is 0.268. The Kier molecular flexibility index (Phi) is 7.02. The fraction of sp³-hybridized carbons (Fsp3) is 0.185. The lowest BCUT2D eigenvalue weighted by molar-refractivity contribution is 0.126. The molecule has 5 aromatic rings. The van der Waals surface area contributed by atoms with Gasteiger partial charge in [0.15, 0.2) is 11.0 Å². The molecule has 0 spiro atoms. The minimum Gasteiger partial charge on any atom is -0.497 e. The first-order valence-corrected chi connectivity index (χ1v) is 12.2. The van der Waals surface area contributed by atoms with Gasteiger partial charge in [0.2, 0.25) is 0 Å². The van der Waals surface area contributed by atoms with Crippen molar-refractivity contribution in [3.8, 4) is 22.9 Å². The fourth-order valence-electron chi connectivity index (χ4n) is 3.74. The molecular weight excluding hydrogens is 462 g/mol. The van der Waals surface area contributed by atoms with Crippen LogP contribution in [0.15, 0.2) is 94.7 Å². The number of aliphatic hydroxyl groups excluding tert-OH is 1. The number of thioether (sulfide) groups is 1. The number of ether oxygens (including phenoxy) is 2. The van der Waals surface area contributed by atoms with E-state index in [1.807, 2.05) is 77.4 Å². The summed E-state index contributed by atoms with van der Waals surface area (Å²) >= 11 is 1.43. The van der Waals surface area contributed by atoms with Gasteiger partial charge in [-0.3, -0.25) is 4.57 Å². The summed E-state index contributed by atoms with van der Waals surface area (Å²) in [4.78, 5) is 0. The zero-order chi connectivity index (χ0) is 24.0. The molecule has 0 fully saturated rings. The smallest absolute Gasteiger partial charge is 0.192 e. The second-order valence-corrected chi connectivity index (χ2v) is 8.98. The van der Waals surface area contributed by atoms with Crippen LogP contribution in [0.4, 0.5) is 0 Å². The summed E-state index contributed by atoms with van der Waals surface area (Å²) in [5.41, 5.74) is 0.885. The molecule has 178 valence electrons. The third kappa shape index (κ3) is 5.50. The van der Waals surface area contributed by atoms with Crippen LogP contribution >= 0.6 is 11.8 Å². The number of benzene rings is 3. The molecule has 2 aromatic heterocycles. The molecule has 0 aliphatic carbocycles. The Balaban J connectivity index is 1.28. The molecule has 0 aliphatic rings. The number of aliphatic hydroxyl groups is 1. The lowest BCUT2D eigenvalue weighted by Gasteiger charge is -2.13. The number of hydrogen-bond donors (Lipinski definition) is 1. The number of methoxy groups -OCH3 is 1. The van der Waals surface area contributed by atoms with Gasteiger partial charge in [0.25, 0.3) is 0 Å². The Morgan fingerprint density at radius 1 is 0.943 bits per heavy atom. The van der Waals surface area contributed by atoms with Crippen LogP contribution in [0.3, 0.4) is 0 Å². The Labute approximate surface area is 207 Å². The average molecular weight is 488 g/mol. The standard InChI is InChI=1S/C27H25N3O4S/c1-32-23-9-4-8-21(15-23)26-28-29-27(30(26)16-25-10-5-13-33-25)35-18-22(31)17-34-24-12-11-19-6-2-3-7-20(19)14-24/h2-15,22,31H,16-18H2,1H3. The van der Waals surface area contributed by atoms with Gasteiger partial charge in [-0.1, -0.05) is 54.2 Å². The van der Waals surface area contributed by atoms with Crippen molar-refractivity contribution in [2.45, 2.75) is 17.8 Å². The molecule has 1 atom stereocenters. The summed E-state index contributed by atoms with van der Waals surface area (Å²) in [5, 5.41) is 22.3. The lowest BCUT2D eigenvalue weighted by Crippen LogP contribution is -2.20. The molecule has 8 heteroatoms. The Morgan fingerprint density at radius 2 is 1.83 bits per heavy atom. The van der Waals surface area contributed by atoms with Gasteiger partial charge in [-0.15, -0.1) is 10.2 Å². The summed E-state index contributed by atoms with van der Waals surface area (Å²) in [6, 6.07) is 25.5. The van der Waals surface area contributed by atoms with E-state index >= 15 is 0 Å². The summed E-state index contributed by atoms with van der Waals surface area (Å²) in [6.07, 6.45) is 0.964. The first-order valence-electron chi connectivity index (χ1n) is 11.2. The van der Waals surface area contributed by atoms with Crippen molar-refractivity contribution in [3.63, 3.8) is 0 Å². The molecule has 1 N–H and O–H groups in total. The van der Waals surface area contributed by atoms with Crippen LogP contribution in [0.5, 0.6) is 11.5 Å². The van der Waals surface area contributed by atoms with Crippen molar-refractivity contribution in [2.75, 3.05) is 19.5 Å². The SMILES string of the molecule is COc1cccc(-c2nnc(SCC(O)COc3ccc4ccccc4c3)n2Cc2ccco2)c1. The highest BCUT2D eigenvalue weighted by Gasteiger charge is 2.18. The first kappa shape index (κ1) is 23.0. The molecule has 0 amide bonds. The zero-order valence-electron chi connectivity index (χ0n) is 19.2. The highest BCUT2D eigenvalue weighted by Crippen LogP contribution is 2.28. The minimum atomic E-state index is -0.680. The van der Waals surface area contributed by atoms with Gasteiger partial charge in [0.05, 0.1) is 26.0 Å². The van der Waals surface area contributed by atoms with Gasteiger partial charge in [-0.05, 0) is 47.2 Å². The molecule has 5 rings (SSSR count). The van der Waals surface area contributed by atoms with E-state index in [1.54, 1.807) is 13.4 Å². The van der Waals surface area contributed by atoms with Gasteiger partial charge in [-0.25, -0.2) is 0 Å². The van der Waals surface area contributed by atoms with Crippen molar-refractivity contribution < 1.29 is 19.0 Å². The minimum absolute atomic E-state index is 0.181. The van der Waals surface area contributed by atoms with Crippen LogP contribution in [-0.2, 0) is 6.54 Å². The highest BCUT2D eigenvalue weighted by atomic mass is 32.2. The molecule has 0 saturated carbocycles. The molecule has 0 aliphatic heterocycles. The summed E-state index contributed by atoms with van der Waals surface area (Å²) in [5.74, 6) is 3.36. The van der Waals surface area contributed by atoms with E-state index in [2.05, 4.69) is 16.3 Å². The molecule has 2 heterocycles. The number of hydrogen-bond acceptors (Lipinski definition) is 7. The number of furan rings is 1. The van der Waals surface area contributed by atoms with Gasteiger partial charge in [0.1, 0.15) is 23.9 Å². The lowest BCUT2D eigenvalue weighted by atomic mass is 10.1. The third-order valence-electron chi connectivity index (χ3n) is 5.51. The van der Waals surface area contributed by atoms with Crippen molar-refractivity contribution in [1.29, 1.82) is 0 Å². The number of nitrogens with zero attached hydrogens (tertiary/aromatic N) is 3. The third-order valence-corrected chi connectivity index (χ3v) is 6.62. The summed E-state index contributed by atoms with van der Waals surface area (Å²) < 4.78 is 18.8. The molecular formula is C27H25N3O4S. The van der Waals surface area contributed by atoms with E-state index in [1.165, 1.54) is 11.8 Å². The van der Waals surface area contributed by atoms with Crippen molar-refractivity contribution in [3.05, 3.63) is 90.9 Å². The number of fused-ring (bicyclic) bond motifs is 1. The van der Waals surface area contributed by atoms with E-state index in [9.17, 15) is 5.11 Å². The molecule has 3 aromatic carbocycles. The number of rotatable bonds is 10.